The van der Waals surface area contributed by atoms with Crippen LogP contribution in [0.25, 0.3) is 0 Å². The maximum Gasteiger partial charge on any atom is 0.256 e. The van der Waals surface area contributed by atoms with Crippen LogP contribution in [0.1, 0.15) is 30.1 Å². The van der Waals surface area contributed by atoms with Crippen LogP contribution >= 0.6 is 0 Å². The Morgan fingerprint density at radius 2 is 2.05 bits per heavy atom. The van der Waals surface area contributed by atoms with Crippen molar-refractivity contribution >= 4 is 11.6 Å². The molecule has 1 amide bonds. The number of carbonyl (C=O) groups excluding carboxylic acids is 1. The third kappa shape index (κ3) is 2.98. The van der Waals surface area contributed by atoms with Gasteiger partial charge in [0.25, 0.3) is 5.91 Å². The monoisotopic (exact) mass is 264 g/mol. The number of nitrogens with zero attached hydrogens (tertiary/aromatic N) is 1. The van der Waals surface area contributed by atoms with E-state index in [1.807, 2.05) is 0 Å². The van der Waals surface area contributed by atoms with Crippen LogP contribution in [0, 0.1) is 0 Å². The van der Waals surface area contributed by atoms with Gasteiger partial charge in [-0.3, -0.25) is 4.79 Å². The van der Waals surface area contributed by atoms with Gasteiger partial charge in [-0.2, -0.15) is 0 Å². The molecule has 1 heterocycles. The van der Waals surface area contributed by atoms with Gasteiger partial charge in [-0.15, -0.1) is 0 Å². The number of benzene rings is 1. The van der Waals surface area contributed by atoms with Gasteiger partial charge < -0.3 is 20.5 Å². The van der Waals surface area contributed by atoms with E-state index < -0.39 is 5.60 Å². The van der Waals surface area contributed by atoms with E-state index in [1.54, 1.807) is 37.1 Å². The van der Waals surface area contributed by atoms with Crippen molar-refractivity contribution in [2.24, 2.45) is 0 Å². The minimum Gasteiger partial charge on any atom is -0.497 e. The summed E-state index contributed by atoms with van der Waals surface area (Å²) in [5.74, 6) is 0.508. The lowest BCUT2D eigenvalue weighted by Crippen LogP contribution is -2.45. The van der Waals surface area contributed by atoms with Gasteiger partial charge in [0.05, 0.1) is 18.3 Å². The number of hydrogen-bond acceptors (Lipinski definition) is 4. The maximum absolute atomic E-state index is 12.4. The quantitative estimate of drug-likeness (QED) is 0.789. The number of hydrogen-bond donors (Lipinski definition) is 2. The molecule has 0 saturated carbocycles. The van der Waals surface area contributed by atoms with Crippen LogP contribution in [0.3, 0.4) is 0 Å². The predicted molar refractivity (Wildman–Crippen MR) is 73.2 cm³/mol. The molecule has 3 N–H and O–H groups in total. The smallest absolute Gasteiger partial charge is 0.256 e. The highest BCUT2D eigenvalue weighted by molar-refractivity contribution is 5.99. The van der Waals surface area contributed by atoms with Crippen molar-refractivity contribution in [2.75, 3.05) is 25.9 Å². The zero-order valence-electron chi connectivity index (χ0n) is 11.3. The zero-order valence-corrected chi connectivity index (χ0v) is 11.3. The molecule has 1 saturated heterocycles. The van der Waals surface area contributed by atoms with Crippen LogP contribution in [0.5, 0.6) is 5.75 Å². The largest absolute Gasteiger partial charge is 0.497 e. The predicted octanol–water partition coefficient (Wildman–Crippen LogP) is 1.26. The first kappa shape index (κ1) is 13.7. The lowest BCUT2D eigenvalue weighted by molar-refractivity contribution is -0.00199. The molecule has 0 unspecified atom stereocenters. The second kappa shape index (κ2) is 5.09. The van der Waals surface area contributed by atoms with E-state index in [-0.39, 0.29) is 5.91 Å². The van der Waals surface area contributed by atoms with Crippen LogP contribution in [-0.4, -0.2) is 41.7 Å². The van der Waals surface area contributed by atoms with Crippen LogP contribution in [0.2, 0.25) is 0 Å². The number of likely N-dealkylation sites (tertiary alicyclic amines) is 1. The van der Waals surface area contributed by atoms with E-state index in [9.17, 15) is 9.90 Å². The Bertz CT molecular complexity index is 476. The average Bonchev–Trinajstić information content (AvgIpc) is 2.38. The van der Waals surface area contributed by atoms with Gasteiger partial charge in [0, 0.05) is 18.8 Å². The van der Waals surface area contributed by atoms with Gasteiger partial charge in [0.15, 0.2) is 0 Å². The molecule has 5 nitrogen and oxygen atoms in total. The summed E-state index contributed by atoms with van der Waals surface area (Å²) in [6, 6.07) is 5.06. The van der Waals surface area contributed by atoms with Crippen molar-refractivity contribution in [1.29, 1.82) is 0 Å². The maximum atomic E-state index is 12.4. The fourth-order valence-corrected chi connectivity index (χ4v) is 2.21. The summed E-state index contributed by atoms with van der Waals surface area (Å²) in [5.41, 5.74) is 6.09. The number of methoxy groups -OCH3 is 1. The lowest BCUT2D eigenvalue weighted by atomic mass is 9.93. The first-order chi connectivity index (χ1) is 8.93. The van der Waals surface area contributed by atoms with Crippen LogP contribution in [0.4, 0.5) is 5.69 Å². The molecule has 1 aliphatic rings. The number of aliphatic hydroxyl groups is 1. The summed E-state index contributed by atoms with van der Waals surface area (Å²) in [5, 5.41) is 9.90. The first-order valence-electron chi connectivity index (χ1n) is 6.38. The minimum absolute atomic E-state index is 0.105. The van der Waals surface area contributed by atoms with E-state index in [0.717, 1.165) is 0 Å². The Morgan fingerprint density at radius 3 is 2.63 bits per heavy atom. The van der Waals surface area contributed by atoms with Crippen molar-refractivity contribution in [3.05, 3.63) is 23.8 Å². The third-order valence-corrected chi connectivity index (χ3v) is 3.62. The molecule has 104 valence electrons. The van der Waals surface area contributed by atoms with Crippen LogP contribution in [0.15, 0.2) is 18.2 Å². The summed E-state index contributed by atoms with van der Waals surface area (Å²) in [4.78, 5) is 14.1. The summed E-state index contributed by atoms with van der Waals surface area (Å²) in [6.07, 6.45) is 1.17. The van der Waals surface area contributed by atoms with Gasteiger partial charge in [0.1, 0.15) is 5.75 Å². The average molecular weight is 264 g/mol. The van der Waals surface area contributed by atoms with Crippen molar-refractivity contribution in [2.45, 2.75) is 25.4 Å². The Morgan fingerprint density at radius 1 is 1.42 bits per heavy atom. The first-order valence-corrected chi connectivity index (χ1v) is 6.38. The van der Waals surface area contributed by atoms with E-state index >= 15 is 0 Å². The Hall–Kier alpha value is -1.75. The lowest BCUT2D eigenvalue weighted by Gasteiger charge is -2.36. The number of carbonyl (C=O) groups is 1. The molecule has 0 bridgehead atoms. The topological polar surface area (TPSA) is 75.8 Å². The van der Waals surface area contributed by atoms with Crippen LogP contribution in [-0.2, 0) is 0 Å². The normalized spacial score (nSPS) is 18.2. The number of nitrogen functional groups attached to an aromatic ring is 1. The van der Waals surface area contributed by atoms with Gasteiger partial charge in [-0.05, 0) is 38.0 Å². The van der Waals surface area contributed by atoms with Gasteiger partial charge >= 0.3 is 0 Å². The molecular formula is C14H20N2O3. The number of piperidine rings is 1. The molecular weight excluding hydrogens is 244 g/mol. The molecule has 1 aromatic carbocycles. The molecule has 0 spiro atoms. The number of anilines is 1. The Balaban J connectivity index is 2.16. The molecule has 0 radical (unpaired) electrons. The summed E-state index contributed by atoms with van der Waals surface area (Å²) in [6.45, 7) is 2.89. The Labute approximate surface area is 113 Å². The van der Waals surface area contributed by atoms with Crippen molar-refractivity contribution in [3.63, 3.8) is 0 Å². The molecule has 1 aliphatic heterocycles. The van der Waals surface area contributed by atoms with Crippen molar-refractivity contribution < 1.29 is 14.6 Å². The highest BCUT2D eigenvalue weighted by atomic mass is 16.5. The highest BCUT2D eigenvalue weighted by Crippen LogP contribution is 2.25. The fraction of sp³-hybridized carbons (Fsp3) is 0.500. The second-order valence-electron chi connectivity index (χ2n) is 5.24. The van der Waals surface area contributed by atoms with E-state index in [2.05, 4.69) is 0 Å². The molecule has 2 rings (SSSR count). The van der Waals surface area contributed by atoms with Gasteiger partial charge in [0.2, 0.25) is 0 Å². The zero-order chi connectivity index (χ0) is 14.0. The molecule has 1 fully saturated rings. The number of amides is 1. The molecule has 19 heavy (non-hydrogen) atoms. The van der Waals surface area contributed by atoms with E-state index in [4.69, 9.17) is 10.5 Å². The molecule has 1 aromatic rings. The third-order valence-electron chi connectivity index (χ3n) is 3.62. The Kier molecular flexibility index (Phi) is 3.66. The van der Waals surface area contributed by atoms with Gasteiger partial charge in [-0.25, -0.2) is 0 Å². The van der Waals surface area contributed by atoms with Gasteiger partial charge in [-0.1, -0.05) is 0 Å². The summed E-state index contributed by atoms with van der Waals surface area (Å²) >= 11 is 0. The van der Waals surface area contributed by atoms with E-state index in [1.165, 1.54) is 0 Å². The minimum atomic E-state index is -0.670. The SMILES string of the molecule is COc1ccc(N)c(C(=O)N2CCC(C)(O)CC2)c1. The van der Waals surface area contributed by atoms with E-state index in [0.29, 0.717) is 42.9 Å². The molecule has 0 atom stereocenters. The highest BCUT2D eigenvalue weighted by Gasteiger charge is 2.30. The number of nitrogens with two attached hydrogens (primary N) is 1. The standard InChI is InChI=1S/C14H20N2O3/c1-14(18)5-7-16(8-6-14)13(17)11-9-10(19-2)3-4-12(11)15/h3-4,9,18H,5-8,15H2,1-2H3. The van der Waals surface area contributed by atoms with Crippen LogP contribution < -0.4 is 10.5 Å². The number of ether oxygens (including phenoxy) is 1. The fourth-order valence-electron chi connectivity index (χ4n) is 2.21. The summed E-state index contributed by atoms with van der Waals surface area (Å²) < 4.78 is 5.11. The summed E-state index contributed by atoms with van der Waals surface area (Å²) in [7, 11) is 1.55. The molecule has 0 aromatic heterocycles. The second-order valence-corrected chi connectivity index (χ2v) is 5.24. The van der Waals surface area contributed by atoms with Crippen molar-refractivity contribution in [1.82, 2.24) is 4.90 Å². The number of rotatable bonds is 2. The molecule has 0 aliphatic carbocycles. The molecule has 5 heteroatoms. The van der Waals surface area contributed by atoms with Crippen molar-refractivity contribution in [3.8, 4) is 5.75 Å².